The molecule has 0 heterocycles. The highest BCUT2D eigenvalue weighted by Gasteiger charge is 2.29. The molecule has 2 atom stereocenters. The van der Waals surface area contributed by atoms with Crippen LogP contribution in [0.5, 0.6) is 0 Å². The monoisotopic (exact) mass is 422 g/mol. The first-order valence-corrected chi connectivity index (χ1v) is 10.3. The standard InChI is InChI=1S/C21H30N2O7/c1-15(29-13-12-16-6-4-3-5-7-16)19(20(24)28-2)22-21(25)30-14-17-8-10-18(11-9-17)23(26)27/h8-11,15-16,19H,3-7,12-14H2,1-2H3,(H,22,25)/t15-,19+/m1/s1. The molecule has 1 N–H and O–H groups in total. The number of methoxy groups -OCH3 is 1. The van der Waals surface area contributed by atoms with E-state index in [1.165, 1.54) is 63.5 Å². The Bertz CT molecular complexity index is 702. The van der Waals surface area contributed by atoms with Gasteiger partial charge in [0.25, 0.3) is 5.69 Å². The molecule has 0 radical (unpaired) electrons. The molecule has 166 valence electrons. The number of esters is 1. The van der Waals surface area contributed by atoms with E-state index >= 15 is 0 Å². The van der Waals surface area contributed by atoms with E-state index in [4.69, 9.17) is 14.2 Å². The third kappa shape index (κ3) is 7.62. The number of nitro groups is 1. The molecule has 2 rings (SSSR count). The second kappa shape index (κ2) is 12.1. The second-order valence-corrected chi connectivity index (χ2v) is 7.51. The van der Waals surface area contributed by atoms with E-state index in [2.05, 4.69) is 5.32 Å². The molecule has 1 aromatic carbocycles. The molecular formula is C21H30N2O7. The lowest BCUT2D eigenvalue weighted by Gasteiger charge is -2.25. The van der Waals surface area contributed by atoms with Crippen LogP contribution in [0.1, 0.15) is 51.0 Å². The SMILES string of the molecule is COC(=O)[C@@H](NC(=O)OCc1ccc([N+](=O)[O-])cc1)[C@@H](C)OCCC1CCCCC1. The van der Waals surface area contributed by atoms with Gasteiger partial charge in [0.05, 0.1) is 18.1 Å². The highest BCUT2D eigenvalue weighted by Crippen LogP contribution is 2.26. The Morgan fingerprint density at radius 3 is 2.47 bits per heavy atom. The van der Waals surface area contributed by atoms with Crippen LogP contribution in [-0.4, -0.2) is 42.8 Å². The molecular weight excluding hydrogens is 392 g/mol. The molecule has 9 heteroatoms. The Kier molecular flexibility index (Phi) is 9.53. The van der Waals surface area contributed by atoms with Gasteiger partial charge in [-0.3, -0.25) is 10.1 Å². The first kappa shape index (κ1) is 23.6. The molecule has 1 aromatic rings. The number of alkyl carbamates (subject to hydrolysis) is 1. The fraction of sp³-hybridized carbons (Fsp3) is 0.619. The van der Waals surface area contributed by atoms with Gasteiger partial charge in [-0.25, -0.2) is 9.59 Å². The average Bonchev–Trinajstić information content (AvgIpc) is 2.76. The molecule has 1 fully saturated rings. The van der Waals surface area contributed by atoms with Gasteiger partial charge >= 0.3 is 12.1 Å². The van der Waals surface area contributed by atoms with Crippen LogP contribution in [0.3, 0.4) is 0 Å². The number of amides is 1. The zero-order chi connectivity index (χ0) is 21.9. The Labute approximate surface area is 176 Å². The number of hydrogen-bond donors (Lipinski definition) is 1. The van der Waals surface area contributed by atoms with E-state index in [9.17, 15) is 19.7 Å². The number of nitrogens with one attached hydrogen (secondary N) is 1. The normalized spacial score (nSPS) is 16.3. The lowest BCUT2D eigenvalue weighted by Crippen LogP contribution is -2.49. The molecule has 1 aliphatic carbocycles. The van der Waals surface area contributed by atoms with Crippen LogP contribution in [0.4, 0.5) is 10.5 Å². The van der Waals surface area contributed by atoms with Crippen molar-refractivity contribution in [3.63, 3.8) is 0 Å². The first-order valence-electron chi connectivity index (χ1n) is 10.3. The molecule has 1 saturated carbocycles. The van der Waals surface area contributed by atoms with Crippen molar-refractivity contribution in [2.24, 2.45) is 5.92 Å². The van der Waals surface area contributed by atoms with E-state index in [-0.39, 0.29) is 12.3 Å². The number of nitrogens with zero attached hydrogens (tertiary/aromatic N) is 1. The molecule has 9 nitrogen and oxygen atoms in total. The largest absolute Gasteiger partial charge is 0.467 e. The molecule has 0 saturated heterocycles. The Balaban J connectivity index is 1.80. The quantitative estimate of drug-likeness (QED) is 0.347. The summed E-state index contributed by atoms with van der Waals surface area (Å²) in [6.45, 7) is 2.13. The van der Waals surface area contributed by atoms with E-state index in [1.807, 2.05) is 0 Å². The van der Waals surface area contributed by atoms with Crippen molar-refractivity contribution in [2.45, 2.75) is 64.2 Å². The lowest BCUT2D eigenvalue weighted by molar-refractivity contribution is -0.384. The molecule has 1 aliphatic rings. The lowest BCUT2D eigenvalue weighted by atomic mass is 9.87. The van der Waals surface area contributed by atoms with Gasteiger partial charge in [-0.2, -0.15) is 0 Å². The topological polar surface area (TPSA) is 117 Å². The molecule has 0 unspecified atom stereocenters. The summed E-state index contributed by atoms with van der Waals surface area (Å²) in [5, 5.41) is 13.2. The minimum Gasteiger partial charge on any atom is -0.467 e. The third-order valence-electron chi connectivity index (χ3n) is 5.35. The van der Waals surface area contributed by atoms with Crippen molar-refractivity contribution >= 4 is 17.7 Å². The van der Waals surface area contributed by atoms with Crippen LogP contribution in [0, 0.1) is 16.0 Å². The highest BCUT2D eigenvalue weighted by molar-refractivity contribution is 5.81. The second-order valence-electron chi connectivity index (χ2n) is 7.51. The van der Waals surface area contributed by atoms with Gasteiger partial charge in [0.2, 0.25) is 0 Å². The van der Waals surface area contributed by atoms with Crippen molar-refractivity contribution in [3.8, 4) is 0 Å². The first-order chi connectivity index (χ1) is 14.4. The average molecular weight is 422 g/mol. The zero-order valence-corrected chi connectivity index (χ0v) is 17.5. The number of rotatable bonds is 10. The summed E-state index contributed by atoms with van der Waals surface area (Å²) in [7, 11) is 1.24. The van der Waals surface area contributed by atoms with E-state index < -0.39 is 29.1 Å². The maximum absolute atomic E-state index is 12.1. The van der Waals surface area contributed by atoms with Crippen LogP contribution in [-0.2, 0) is 25.6 Å². The Hall–Kier alpha value is -2.68. The molecule has 0 bridgehead atoms. The summed E-state index contributed by atoms with van der Waals surface area (Å²) < 4.78 is 15.7. The van der Waals surface area contributed by atoms with Gasteiger partial charge < -0.3 is 19.5 Å². The summed E-state index contributed by atoms with van der Waals surface area (Å²) in [6, 6.07) is 4.66. The van der Waals surface area contributed by atoms with Crippen LogP contribution < -0.4 is 5.32 Å². The van der Waals surface area contributed by atoms with Gasteiger partial charge in [-0.15, -0.1) is 0 Å². The fourth-order valence-electron chi connectivity index (χ4n) is 3.52. The molecule has 30 heavy (non-hydrogen) atoms. The van der Waals surface area contributed by atoms with Crippen molar-refractivity contribution in [2.75, 3.05) is 13.7 Å². The zero-order valence-electron chi connectivity index (χ0n) is 17.5. The summed E-state index contributed by atoms with van der Waals surface area (Å²) in [5.41, 5.74) is 0.537. The summed E-state index contributed by atoms with van der Waals surface area (Å²) in [5.74, 6) is 0.0367. The Morgan fingerprint density at radius 1 is 1.20 bits per heavy atom. The van der Waals surface area contributed by atoms with Gasteiger partial charge in [-0.05, 0) is 37.0 Å². The highest BCUT2D eigenvalue weighted by atomic mass is 16.6. The molecule has 0 aromatic heterocycles. The number of hydrogen-bond acceptors (Lipinski definition) is 7. The van der Waals surface area contributed by atoms with Gasteiger partial charge in [0.15, 0.2) is 6.04 Å². The van der Waals surface area contributed by atoms with Crippen LogP contribution >= 0.6 is 0 Å². The van der Waals surface area contributed by atoms with Crippen LogP contribution in [0.25, 0.3) is 0 Å². The van der Waals surface area contributed by atoms with Crippen molar-refractivity contribution in [1.29, 1.82) is 0 Å². The number of carbonyl (C=O) groups is 2. The predicted molar refractivity (Wildman–Crippen MR) is 109 cm³/mol. The maximum atomic E-state index is 12.1. The minimum atomic E-state index is -0.995. The van der Waals surface area contributed by atoms with E-state index in [0.29, 0.717) is 18.1 Å². The Morgan fingerprint density at radius 2 is 1.87 bits per heavy atom. The summed E-state index contributed by atoms with van der Waals surface area (Å²) in [6.07, 6.45) is 5.80. The minimum absolute atomic E-state index is 0.0480. The number of ether oxygens (including phenoxy) is 3. The maximum Gasteiger partial charge on any atom is 0.408 e. The van der Waals surface area contributed by atoms with Crippen LogP contribution in [0.2, 0.25) is 0 Å². The van der Waals surface area contributed by atoms with Crippen molar-refractivity contribution in [3.05, 3.63) is 39.9 Å². The predicted octanol–water partition coefficient (Wildman–Crippen LogP) is 3.74. The van der Waals surface area contributed by atoms with Gasteiger partial charge in [0.1, 0.15) is 6.61 Å². The van der Waals surface area contributed by atoms with Crippen molar-refractivity contribution in [1.82, 2.24) is 5.32 Å². The number of carbonyl (C=O) groups excluding carboxylic acids is 2. The van der Waals surface area contributed by atoms with Crippen molar-refractivity contribution < 1.29 is 28.7 Å². The van der Waals surface area contributed by atoms with Crippen LogP contribution in [0.15, 0.2) is 24.3 Å². The number of nitro benzene ring substituents is 1. The molecule has 0 aliphatic heterocycles. The third-order valence-corrected chi connectivity index (χ3v) is 5.35. The smallest absolute Gasteiger partial charge is 0.408 e. The summed E-state index contributed by atoms with van der Waals surface area (Å²) in [4.78, 5) is 34.4. The van der Waals surface area contributed by atoms with E-state index in [1.54, 1.807) is 6.92 Å². The molecule has 1 amide bonds. The molecule has 0 spiro atoms. The summed E-state index contributed by atoms with van der Waals surface area (Å²) >= 11 is 0. The number of benzene rings is 1. The number of non-ortho nitro benzene ring substituents is 1. The van der Waals surface area contributed by atoms with Gasteiger partial charge in [0, 0.05) is 18.7 Å². The van der Waals surface area contributed by atoms with E-state index in [0.717, 1.165) is 6.42 Å². The fourth-order valence-corrected chi connectivity index (χ4v) is 3.52. The van der Waals surface area contributed by atoms with Gasteiger partial charge in [-0.1, -0.05) is 32.1 Å².